The van der Waals surface area contributed by atoms with Gasteiger partial charge in [0.25, 0.3) is 0 Å². The van der Waals surface area contributed by atoms with E-state index >= 15 is 0 Å². The molecule has 188 valence electrons. The van der Waals surface area contributed by atoms with Crippen molar-refractivity contribution in [3.05, 3.63) is 64.5 Å². The van der Waals surface area contributed by atoms with Gasteiger partial charge in [0.15, 0.2) is 9.84 Å². The molecule has 3 aromatic rings. The van der Waals surface area contributed by atoms with Crippen molar-refractivity contribution >= 4 is 32.6 Å². The van der Waals surface area contributed by atoms with Gasteiger partial charge in [-0.3, -0.25) is 19.9 Å². The minimum Gasteiger partial charge on any atom is -0.374 e. The fourth-order valence-corrected chi connectivity index (χ4v) is 5.58. The molecule has 2 aliphatic rings. The largest absolute Gasteiger partial charge is 0.374 e. The van der Waals surface area contributed by atoms with Gasteiger partial charge in [-0.2, -0.15) is 0 Å². The number of benzene rings is 1. The Morgan fingerprint density at radius 2 is 1.86 bits per heavy atom. The highest BCUT2D eigenvalue weighted by molar-refractivity contribution is 7.90. The van der Waals surface area contributed by atoms with Gasteiger partial charge in [0.1, 0.15) is 5.69 Å². The second-order valence-electron chi connectivity index (χ2n) is 9.70. The Hall–Kier alpha value is -3.17. The Morgan fingerprint density at radius 1 is 1.03 bits per heavy atom. The predicted molar refractivity (Wildman–Crippen MR) is 140 cm³/mol. The van der Waals surface area contributed by atoms with Gasteiger partial charge in [-0.05, 0) is 63.8 Å². The zero-order chi connectivity index (χ0) is 25.4. The number of anilines is 2. The lowest BCUT2D eigenvalue weighted by Gasteiger charge is -2.24. The van der Waals surface area contributed by atoms with Gasteiger partial charge in [-0.15, -0.1) is 0 Å². The number of hydrogen-bond donors (Lipinski definition) is 1. The van der Waals surface area contributed by atoms with Gasteiger partial charge in [-0.1, -0.05) is 6.07 Å². The van der Waals surface area contributed by atoms with Crippen LogP contribution in [-0.4, -0.2) is 41.9 Å². The van der Waals surface area contributed by atoms with Gasteiger partial charge >= 0.3 is 0 Å². The Balaban J connectivity index is 1.52. The molecule has 8 nitrogen and oxygen atoms in total. The summed E-state index contributed by atoms with van der Waals surface area (Å²) in [6.45, 7) is 6.56. The summed E-state index contributed by atoms with van der Waals surface area (Å²) in [6.07, 6.45) is 7.13. The molecule has 1 atom stereocenters. The van der Waals surface area contributed by atoms with Gasteiger partial charge in [0.2, 0.25) is 0 Å². The molecule has 1 aromatic carbocycles. The van der Waals surface area contributed by atoms with Crippen molar-refractivity contribution in [3.63, 3.8) is 0 Å². The summed E-state index contributed by atoms with van der Waals surface area (Å²) in [5.41, 5.74) is 8.19. The van der Waals surface area contributed by atoms with Crippen molar-refractivity contribution in [2.24, 2.45) is 4.99 Å². The number of sulfone groups is 1. The number of aromatic nitrogens is 3. The molecule has 2 aliphatic heterocycles. The van der Waals surface area contributed by atoms with Crippen molar-refractivity contribution < 1.29 is 13.2 Å². The van der Waals surface area contributed by atoms with E-state index in [9.17, 15) is 8.42 Å². The quantitative estimate of drug-likeness (QED) is 0.496. The summed E-state index contributed by atoms with van der Waals surface area (Å²) in [5.74, 6) is 0. The Bertz CT molecular complexity index is 1460. The maximum atomic E-state index is 12.8. The van der Waals surface area contributed by atoms with Crippen LogP contribution in [-0.2, 0) is 27.4 Å². The molecule has 5 rings (SSSR count). The van der Waals surface area contributed by atoms with Gasteiger partial charge in [-0.25, -0.2) is 8.42 Å². The Morgan fingerprint density at radius 3 is 2.58 bits per heavy atom. The molecule has 9 heteroatoms. The fraction of sp³-hybridized carbons (Fsp3) is 0.407. The summed E-state index contributed by atoms with van der Waals surface area (Å²) in [4.78, 5) is 18.9. The van der Waals surface area contributed by atoms with Crippen LogP contribution in [0.4, 0.5) is 17.1 Å². The monoisotopic (exact) mass is 505 g/mol. The van der Waals surface area contributed by atoms with Crippen molar-refractivity contribution in [1.82, 2.24) is 15.0 Å². The molecule has 0 saturated carbocycles. The molecule has 0 amide bonds. The molecule has 1 saturated heterocycles. The minimum atomic E-state index is -3.49. The summed E-state index contributed by atoms with van der Waals surface area (Å²) in [5, 5.41) is 3.37. The van der Waals surface area contributed by atoms with Gasteiger partial charge in [0, 0.05) is 43.3 Å². The first kappa shape index (κ1) is 24.5. The molecule has 1 fully saturated rings. The first-order valence-corrected chi connectivity index (χ1v) is 14.2. The molecule has 0 bridgehead atoms. The number of aliphatic imine (C=N–C) groups is 1. The van der Waals surface area contributed by atoms with E-state index < -0.39 is 9.84 Å². The molecule has 1 N–H and O–H groups in total. The number of nitrogens with one attached hydrogen (secondary N) is 1. The smallest absolute Gasteiger partial charge is 0.177 e. The lowest BCUT2D eigenvalue weighted by molar-refractivity contribution is 0.0148. The highest BCUT2D eigenvalue weighted by atomic mass is 32.2. The van der Waals surface area contributed by atoms with Gasteiger partial charge in [0.05, 0.1) is 45.1 Å². The number of nitrogens with zero attached hydrogens (tertiary/aromatic N) is 4. The van der Waals surface area contributed by atoms with Crippen LogP contribution in [0, 0.1) is 13.8 Å². The zero-order valence-electron chi connectivity index (χ0n) is 21.1. The molecule has 0 aliphatic carbocycles. The normalized spacial score (nSPS) is 17.6. The van der Waals surface area contributed by atoms with E-state index in [0.717, 1.165) is 70.4 Å². The van der Waals surface area contributed by atoms with Crippen LogP contribution in [0.2, 0.25) is 0 Å². The molecule has 0 unspecified atom stereocenters. The van der Waals surface area contributed by atoms with E-state index in [1.54, 1.807) is 12.3 Å². The third-order valence-electron chi connectivity index (χ3n) is 6.67. The van der Waals surface area contributed by atoms with Crippen LogP contribution in [0.15, 0.2) is 40.4 Å². The van der Waals surface area contributed by atoms with Crippen LogP contribution < -0.4 is 5.32 Å². The third-order valence-corrected chi connectivity index (χ3v) is 7.81. The fourth-order valence-electron chi connectivity index (χ4n) is 4.71. The van der Waals surface area contributed by atoms with E-state index in [0.29, 0.717) is 25.1 Å². The molecule has 4 heterocycles. The summed E-state index contributed by atoms with van der Waals surface area (Å²) >= 11 is 0. The van der Waals surface area contributed by atoms with E-state index in [1.807, 2.05) is 39.0 Å². The Labute approximate surface area is 212 Å². The number of ether oxygens (including phenoxy) is 1. The van der Waals surface area contributed by atoms with Crippen LogP contribution in [0.25, 0.3) is 0 Å². The lowest BCUT2D eigenvalue weighted by atomic mass is 10.0. The first-order chi connectivity index (χ1) is 17.2. The highest BCUT2D eigenvalue weighted by Gasteiger charge is 2.23. The summed E-state index contributed by atoms with van der Waals surface area (Å²) < 4.78 is 31.5. The molecule has 36 heavy (non-hydrogen) atoms. The lowest BCUT2D eigenvalue weighted by Crippen LogP contribution is -2.13. The third kappa shape index (κ3) is 5.17. The zero-order valence-corrected chi connectivity index (χ0v) is 21.9. The van der Waals surface area contributed by atoms with Crippen molar-refractivity contribution in [3.8, 4) is 0 Å². The maximum Gasteiger partial charge on any atom is 0.177 e. The van der Waals surface area contributed by atoms with Gasteiger partial charge < -0.3 is 10.1 Å². The second kappa shape index (κ2) is 9.71. The summed E-state index contributed by atoms with van der Waals surface area (Å²) in [6, 6.07) is 7.46. The second-order valence-corrected chi connectivity index (χ2v) is 11.7. The van der Waals surface area contributed by atoms with Crippen LogP contribution in [0.3, 0.4) is 0 Å². The van der Waals surface area contributed by atoms with E-state index in [4.69, 9.17) is 14.7 Å². The number of pyridine rings is 1. The molecular formula is C27H31N5O3S. The number of fused-ring (bicyclic) bond motifs is 1. The maximum absolute atomic E-state index is 12.8. The first-order valence-electron chi connectivity index (χ1n) is 12.3. The highest BCUT2D eigenvalue weighted by Crippen LogP contribution is 2.39. The topological polar surface area (TPSA) is 106 Å². The summed E-state index contributed by atoms with van der Waals surface area (Å²) in [7, 11) is -3.49. The van der Waals surface area contributed by atoms with Crippen molar-refractivity contribution in [2.45, 2.75) is 63.9 Å². The van der Waals surface area contributed by atoms with E-state index in [-0.39, 0.29) is 11.0 Å². The molecule has 0 spiro atoms. The van der Waals surface area contributed by atoms with Crippen LogP contribution >= 0.6 is 0 Å². The number of rotatable bonds is 6. The molecular weight excluding hydrogens is 474 g/mol. The van der Waals surface area contributed by atoms with E-state index in [1.165, 1.54) is 6.26 Å². The predicted octanol–water partition coefficient (Wildman–Crippen LogP) is 5.12. The molecule has 0 radical (unpaired) electrons. The van der Waals surface area contributed by atoms with Crippen LogP contribution in [0.1, 0.15) is 66.3 Å². The Kier molecular flexibility index (Phi) is 6.61. The van der Waals surface area contributed by atoms with Crippen molar-refractivity contribution in [2.75, 3.05) is 18.2 Å². The van der Waals surface area contributed by atoms with Crippen molar-refractivity contribution in [1.29, 1.82) is 0 Å². The minimum absolute atomic E-state index is 0.0728. The molecule has 2 aromatic heterocycles. The number of aryl methyl sites for hydroxylation is 2. The average Bonchev–Trinajstić information content (AvgIpc) is 3.22. The number of hydrogen-bond acceptors (Lipinski definition) is 8. The SMILES string of the molecule is CC1=Nc2c(Nc3ccc([C@@H]4CCCCO4)cc3S(C)(=O)=O)cc(Cc3cnc(C)c(C)n3)nc2C1. The standard InChI is InChI=1S/C27H31N5O3S/c1-16-11-23-27(29-16)24(14-20(31-23)13-21-15-28-17(2)18(3)30-21)32-22-9-8-19(12-26(22)36(4,33)34)25-7-5-6-10-35-25/h8-9,12,14-15,25H,5-7,10-11,13H2,1-4H3,(H,31,32)/t25-/m0/s1. The van der Waals surface area contributed by atoms with Crippen LogP contribution in [0.5, 0.6) is 0 Å². The van der Waals surface area contributed by atoms with E-state index in [2.05, 4.69) is 15.3 Å². The average molecular weight is 506 g/mol.